The summed E-state index contributed by atoms with van der Waals surface area (Å²) in [7, 11) is 0. The van der Waals surface area contributed by atoms with Gasteiger partial charge in [0, 0.05) is 21.7 Å². The first-order valence-electron chi connectivity index (χ1n) is 6.23. The number of nitrogens with zero attached hydrogens (tertiary/aromatic N) is 1. The summed E-state index contributed by atoms with van der Waals surface area (Å²) in [5.74, 6) is -0.177. The maximum absolute atomic E-state index is 11.6. The monoisotopic (exact) mass is 343 g/mol. The zero-order chi connectivity index (χ0) is 14.7. The van der Waals surface area contributed by atoms with Gasteiger partial charge in [-0.05, 0) is 44.5 Å². The molecule has 0 fully saturated rings. The van der Waals surface area contributed by atoms with Crippen LogP contribution in [0.3, 0.4) is 0 Å². The number of nitrogens with one attached hydrogen (secondary N) is 1. The lowest BCUT2D eigenvalue weighted by molar-refractivity contribution is -0.117. The molecule has 1 heterocycles. The maximum atomic E-state index is 11.6. The van der Waals surface area contributed by atoms with Crippen molar-refractivity contribution in [3.8, 4) is 0 Å². The molecule has 3 N–H and O–H groups in total. The van der Waals surface area contributed by atoms with Crippen LogP contribution in [-0.4, -0.2) is 16.9 Å². The Balaban J connectivity index is 0.00000220. The number of rotatable bonds is 4. The number of halogens is 1. The number of anilines is 1. The highest BCUT2D eigenvalue weighted by atomic mass is 35.5. The second-order valence-corrected chi connectivity index (χ2v) is 6.79. The third-order valence-electron chi connectivity index (χ3n) is 2.67. The molecule has 0 saturated heterocycles. The van der Waals surface area contributed by atoms with Gasteiger partial charge in [-0.15, -0.1) is 23.7 Å². The smallest absolute Gasteiger partial charge is 0.241 e. The number of amides is 1. The van der Waals surface area contributed by atoms with Gasteiger partial charge < -0.3 is 11.1 Å². The van der Waals surface area contributed by atoms with Crippen LogP contribution in [0, 0.1) is 13.8 Å². The third kappa shape index (κ3) is 5.00. The van der Waals surface area contributed by atoms with Gasteiger partial charge in [-0.1, -0.05) is 11.8 Å². The van der Waals surface area contributed by atoms with E-state index < -0.39 is 6.04 Å². The molecule has 114 valence electrons. The third-order valence-corrected chi connectivity index (χ3v) is 4.72. The van der Waals surface area contributed by atoms with Gasteiger partial charge in [-0.2, -0.15) is 0 Å². The molecule has 4 nitrogen and oxygen atoms in total. The molecule has 0 unspecified atom stereocenters. The van der Waals surface area contributed by atoms with Crippen LogP contribution in [0.4, 0.5) is 5.69 Å². The summed E-state index contributed by atoms with van der Waals surface area (Å²) >= 11 is 3.26. The van der Waals surface area contributed by atoms with Crippen LogP contribution in [0.1, 0.15) is 18.2 Å². The van der Waals surface area contributed by atoms with Crippen LogP contribution in [0.2, 0.25) is 0 Å². The second-order valence-electron chi connectivity index (χ2n) is 4.61. The minimum absolute atomic E-state index is 0. The quantitative estimate of drug-likeness (QED) is 0.889. The highest BCUT2D eigenvalue weighted by molar-refractivity contribution is 8.01. The Labute approximate surface area is 139 Å². The van der Waals surface area contributed by atoms with Crippen molar-refractivity contribution >= 4 is 47.1 Å². The summed E-state index contributed by atoms with van der Waals surface area (Å²) in [5, 5.41) is 4.85. The average Bonchev–Trinajstić information content (AvgIpc) is 2.78. The molecule has 0 aliphatic carbocycles. The van der Waals surface area contributed by atoms with Gasteiger partial charge in [0.05, 0.1) is 6.04 Å². The molecular weight excluding hydrogens is 326 g/mol. The van der Waals surface area contributed by atoms with E-state index in [4.69, 9.17) is 5.73 Å². The molecule has 0 spiro atoms. The topological polar surface area (TPSA) is 68.0 Å². The Bertz CT molecular complexity index is 628. The normalized spacial score (nSPS) is 11.6. The van der Waals surface area contributed by atoms with Crippen molar-refractivity contribution in [1.29, 1.82) is 0 Å². The van der Waals surface area contributed by atoms with Gasteiger partial charge in [0.25, 0.3) is 0 Å². The number of carbonyl (C=O) groups is 1. The van der Waals surface area contributed by atoms with Crippen LogP contribution >= 0.6 is 35.5 Å². The summed E-state index contributed by atoms with van der Waals surface area (Å²) < 4.78 is 1.02. The zero-order valence-corrected chi connectivity index (χ0v) is 14.5. The Morgan fingerprint density at radius 2 is 2.14 bits per heavy atom. The molecule has 2 aromatic rings. The standard InChI is InChI=1S/C14H17N3OS2.ClH/c1-8-6-11(20-14-16-9(2)7-19-14)4-5-12(8)17-13(18)10(3)15;/h4-7,10H,15H2,1-3H3,(H,17,18);1H/t10-;/m0./s1. The maximum Gasteiger partial charge on any atom is 0.241 e. The van der Waals surface area contributed by atoms with E-state index in [-0.39, 0.29) is 18.3 Å². The fourth-order valence-electron chi connectivity index (χ4n) is 1.57. The molecular formula is C14H18ClN3OS2. The fourth-order valence-corrected chi connectivity index (χ4v) is 3.48. The lowest BCUT2D eigenvalue weighted by Gasteiger charge is -2.11. The molecule has 1 atom stereocenters. The van der Waals surface area contributed by atoms with Crippen molar-refractivity contribution in [3.63, 3.8) is 0 Å². The van der Waals surface area contributed by atoms with E-state index in [0.29, 0.717) is 0 Å². The van der Waals surface area contributed by atoms with Gasteiger partial charge in [-0.25, -0.2) is 4.98 Å². The molecule has 21 heavy (non-hydrogen) atoms. The minimum Gasteiger partial charge on any atom is -0.325 e. The Morgan fingerprint density at radius 1 is 1.43 bits per heavy atom. The molecule has 1 amide bonds. The molecule has 1 aromatic heterocycles. The average molecular weight is 344 g/mol. The van der Waals surface area contributed by atoms with E-state index in [2.05, 4.69) is 10.3 Å². The van der Waals surface area contributed by atoms with Crippen LogP contribution in [-0.2, 0) is 4.79 Å². The lowest BCUT2D eigenvalue weighted by Crippen LogP contribution is -2.32. The number of aryl methyl sites for hydroxylation is 2. The predicted octanol–water partition coefficient (Wildman–Crippen LogP) is 3.62. The van der Waals surface area contributed by atoms with Crippen LogP contribution in [0.25, 0.3) is 0 Å². The Morgan fingerprint density at radius 3 is 2.67 bits per heavy atom. The van der Waals surface area contributed by atoms with Crippen molar-refractivity contribution in [2.24, 2.45) is 5.73 Å². The van der Waals surface area contributed by atoms with Gasteiger partial charge >= 0.3 is 0 Å². The predicted molar refractivity (Wildman–Crippen MR) is 91.7 cm³/mol. The molecule has 0 aliphatic rings. The van der Waals surface area contributed by atoms with Crippen molar-refractivity contribution in [1.82, 2.24) is 4.98 Å². The number of aromatic nitrogens is 1. The molecule has 1 aromatic carbocycles. The van der Waals surface area contributed by atoms with E-state index in [1.165, 1.54) is 0 Å². The van der Waals surface area contributed by atoms with Crippen molar-refractivity contribution in [2.75, 3.05) is 5.32 Å². The summed E-state index contributed by atoms with van der Waals surface area (Å²) in [4.78, 5) is 17.1. The Kier molecular flexibility index (Phi) is 6.67. The van der Waals surface area contributed by atoms with Crippen molar-refractivity contribution in [2.45, 2.75) is 36.0 Å². The Hall–Kier alpha value is -1.08. The number of nitrogens with two attached hydrogens (primary N) is 1. The van der Waals surface area contributed by atoms with E-state index in [0.717, 1.165) is 26.2 Å². The number of benzene rings is 1. The first-order valence-corrected chi connectivity index (χ1v) is 7.92. The summed E-state index contributed by atoms with van der Waals surface area (Å²) in [5.41, 5.74) is 8.39. The molecule has 0 aliphatic heterocycles. The number of hydrogen-bond donors (Lipinski definition) is 2. The van der Waals surface area contributed by atoms with Gasteiger partial charge in [0.2, 0.25) is 5.91 Å². The first-order chi connectivity index (χ1) is 9.45. The summed E-state index contributed by atoms with van der Waals surface area (Å²) in [6.45, 7) is 5.62. The highest BCUT2D eigenvalue weighted by Crippen LogP contribution is 2.32. The zero-order valence-electron chi connectivity index (χ0n) is 12.0. The van der Waals surface area contributed by atoms with Crippen molar-refractivity contribution in [3.05, 3.63) is 34.8 Å². The number of thiazole rings is 1. The van der Waals surface area contributed by atoms with Crippen LogP contribution < -0.4 is 11.1 Å². The summed E-state index contributed by atoms with van der Waals surface area (Å²) in [6, 6.07) is 5.41. The molecule has 7 heteroatoms. The fraction of sp³-hybridized carbons (Fsp3) is 0.286. The first kappa shape index (κ1) is 18.0. The van der Waals surface area contributed by atoms with Gasteiger partial charge in [-0.3, -0.25) is 4.79 Å². The molecule has 0 saturated carbocycles. The number of hydrogen-bond acceptors (Lipinski definition) is 5. The van der Waals surface area contributed by atoms with E-state index >= 15 is 0 Å². The largest absolute Gasteiger partial charge is 0.325 e. The van der Waals surface area contributed by atoms with E-state index in [1.807, 2.05) is 37.4 Å². The molecule has 2 rings (SSSR count). The number of carbonyl (C=O) groups excluding carboxylic acids is 1. The minimum atomic E-state index is -0.512. The molecule has 0 bridgehead atoms. The van der Waals surface area contributed by atoms with E-state index in [1.54, 1.807) is 30.0 Å². The van der Waals surface area contributed by atoms with Crippen LogP contribution in [0.5, 0.6) is 0 Å². The van der Waals surface area contributed by atoms with Crippen molar-refractivity contribution < 1.29 is 4.79 Å². The second kappa shape index (κ2) is 7.79. The lowest BCUT2D eigenvalue weighted by atomic mass is 10.2. The van der Waals surface area contributed by atoms with E-state index in [9.17, 15) is 4.79 Å². The molecule has 0 radical (unpaired) electrons. The van der Waals surface area contributed by atoms with Gasteiger partial charge in [0.1, 0.15) is 0 Å². The van der Waals surface area contributed by atoms with Gasteiger partial charge in [0.15, 0.2) is 4.34 Å². The summed E-state index contributed by atoms with van der Waals surface area (Å²) in [6.07, 6.45) is 0. The van der Waals surface area contributed by atoms with Crippen LogP contribution in [0.15, 0.2) is 32.8 Å². The SMILES string of the molecule is Cc1csc(Sc2ccc(NC(=O)[C@H](C)N)c(C)c2)n1.Cl. The highest BCUT2D eigenvalue weighted by Gasteiger charge is 2.10.